The zero-order chi connectivity index (χ0) is 27.1. The molecule has 1 atom stereocenters. The molecule has 6 nitrogen and oxygen atoms in total. The molecule has 0 spiro atoms. The van der Waals surface area contributed by atoms with E-state index in [1.54, 1.807) is 53.9 Å². The minimum atomic E-state index is -3.63. The first kappa shape index (κ1) is 26.6. The van der Waals surface area contributed by atoms with Gasteiger partial charge in [0.05, 0.1) is 0 Å². The molecule has 2 N–H and O–H groups in total. The Morgan fingerprint density at radius 1 is 0.718 bits per heavy atom. The highest BCUT2D eigenvalue weighted by Crippen LogP contribution is 2.37. The summed E-state index contributed by atoms with van der Waals surface area (Å²) in [5, 5.41) is 4.19. The Labute approximate surface area is 235 Å². The summed E-state index contributed by atoms with van der Waals surface area (Å²) in [6.07, 6.45) is 0. The number of anilines is 2. The van der Waals surface area contributed by atoms with Crippen LogP contribution in [0.4, 0.5) is 11.4 Å². The molecule has 1 aromatic heterocycles. The Bertz CT molecular complexity index is 1610. The monoisotopic (exact) mass is 572 g/mol. The molecule has 1 heterocycles. The number of nitrogens with one attached hydrogen (secondary N) is 2. The van der Waals surface area contributed by atoms with E-state index in [9.17, 15) is 13.2 Å². The van der Waals surface area contributed by atoms with Gasteiger partial charge in [-0.25, -0.2) is 8.42 Å². The fraction of sp³-hybridized carbons (Fsp3) is 0.0333. The van der Waals surface area contributed by atoms with Crippen molar-refractivity contribution < 1.29 is 17.9 Å². The van der Waals surface area contributed by atoms with Crippen LogP contribution in [0.25, 0.3) is 0 Å². The fourth-order valence-corrected chi connectivity index (χ4v) is 6.78. The summed E-state index contributed by atoms with van der Waals surface area (Å²) < 4.78 is 33.7. The van der Waals surface area contributed by atoms with Gasteiger partial charge in [0, 0.05) is 16.3 Å². The number of benzene rings is 4. The van der Waals surface area contributed by atoms with Crippen LogP contribution in [0, 0.1) is 0 Å². The topological polar surface area (TPSA) is 84.5 Å². The molecule has 5 aromatic rings. The van der Waals surface area contributed by atoms with E-state index in [1.165, 1.54) is 11.8 Å². The summed E-state index contributed by atoms with van der Waals surface area (Å²) in [6, 6.07) is 36.5. The normalized spacial score (nSPS) is 11.9. The maximum atomic E-state index is 13.4. The average Bonchev–Trinajstić information content (AvgIpc) is 3.51. The second-order valence-electron chi connectivity index (χ2n) is 8.40. The van der Waals surface area contributed by atoms with Crippen LogP contribution in [0.1, 0.15) is 10.8 Å². The molecule has 196 valence electrons. The number of hydrogen-bond acceptors (Lipinski definition) is 6. The summed E-state index contributed by atoms with van der Waals surface area (Å²) in [7, 11) is -3.63. The van der Waals surface area contributed by atoms with E-state index in [2.05, 4.69) is 10.0 Å². The molecule has 1 amide bonds. The lowest BCUT2D eigenvalue weighted by molar-refractivity contribution is -0.115. The number of carbonyl (C=O) groups is 1. The summed E-state index contributed by atoms with van der Waals surface area (Å²) in [5.74, 6) is 1.23. The summed E-state index contributed by atoms with van der Waals surface area (Å²) in [4.78, 5) is 14.2. The molecule has 4 aromatic carbocycles. The smallest absolute Gasteiger partial charge is 0.271 e. The van der Waals surface area contributed by atoms with Gasteiger partial charge in [-0.05, 0) is 77.7 Å². The highest BCUT2D eigenvalue weighted by atomic mass is 32.2. The van der Waals surface area contributed by atoms with Gasteiger partial charge < -0.3 is 10.1 Å². The largest absolute Gasteiger partial charge is 0.457 e. The predicted molar refractivity (Wildman–Crippen MR) is 158 cm³/mol. The van der Waals surface area contributed by atoms with Crippen molar-refractivity contribution in [1.29, 1.82) is 0 Å². The second-order valence-corrected chi connectivity index (χ2v) is 12.4. The van der Waals surface area contributed by atoms with Crippen molar-refractivity contribution in [1.82, 2.24) is 0 Å². The molecule has 0 saturated carbocycles. The number of ether oxygens (including phenoxy) is 1. The Kier molecular flexibility index (Phi) is 8.31. The summed E-state index contributed by atoms with van der Waals surface area (Å²) >= 11 is 2.54. The molecule has 0 aliphatic carbocycles. The standard InChI is InChI=1S/C30H24N2O4S3/c33-30(31-23-13-17-26(18-14-23)36-25-10-5-2-6-11-25)29(22-8-3-1-4-9-22)38-27-19-15-24(16-20-27)32-39(34,35)28-12-7-21-37-28/h1-21,29,32H,(H,31,33). The zero-order valence-corrected chi connectivity index (χ0v) is 23.0. The van der Waals surface area contributed by atoms with Crippen LogP contribution in [-0.4, -0.2) is 14.3 Å². The molecule has 0 bridgehead atoms. The Morgan fingerprint density at radius 3 is 1.97 bits per heavy atom. The molecule has 0 aliphatic heterocycles. The van der Waals surface area contributed by atoms with Gasteiger partial charge in [0.2, 0.25) is 5.91 Å². The number of thiophene rings is 1. The molecule has 0 radical (unpaired) electrons. The third kappa shape index (κ3) is 7.08. The summed E-state index contributed by atoms with van der Waals surface area (Å²) in [5.41, 5.74) is 1.96. The first-order valence-corrected chi connectivity index (χ1v) is 15.2. The molecule has 39 heavy (non-hydrogen) atoms. The highest BCUT2D eigenvalue weighted by molar-refractivity contribution is 8.00. The second kappa shape index (κ2) is 12.2. The van der Waals surface area contributed by atoms with E-state index in [1.807, 2.05) is 72.8 Å². The molecule has 0 aliphatic rings. The average molecular weight is 573 g/mol. The molecule has 9 heteroatoms. The molecule has 1 unspecified atom stereocenters. The van der Waals surface area contributed by atoms with Gasteiger partial charge in [-0.15, -0.1) is 23.1 Å². The number of hydrogen-bond donors (Lipinski definition) is 2. The van der Waals surface area contributed by atoms with E-state index >= 15 is 0 Å². The van der Waals surface area contributed by atoms with Crippen molar-refractivity contribution >= 4 is 50.4 Å². The molecule has 5 rings (SSSR count). The maximum absolute atomic E-state index is 13.4. The first-order valence-electron chi connectivity index (χ1n) is 12.0. The third-order valence-electron chi connectivity index (χ3n) is 5.56. The van der Waals surface area contributed by atoms with E-state index in [0.29, 0.717) is 17.1 Å². The highest BCUT2D eigenvalue weighted by Gasteiger charge is 2.23. The van der Waals surface area contributed by atoms with Crippen LogP contribution in [0.5, 0.6) is 11.5 Å². The van der Waals surface area contributed by atoms with Gasteiger partial charge in [-0.2, -0.15) is 0 Å². The van der Waals surface area contributed by atoms with Crippen LogP contribution >= 0.6 is 23.1 Å². The van der Waals surface area contributed by atoms with E-state index in [0.717, 1.165) is 27.5 Å². The van der Waals surface area contributed by atoms with Crippen molar-refractivity contribution in [2.24, 2.45) is 0 Å². The maximum Gasteiger partial charge on any atom is 0.271 e. The summed E-state index contributed by atoms with van der Waals surface area (Å²) in [6.45, 7) is 0. The van der Waals surface area contributed by atoms with Crippen molar-refractivity contribution in [3.05, 3.63) is 132 Å². The quantitative estimate of drug-likeness (QED) is 0.167. The third-order valence-corrected chi connectivity index (χ3v) is 9.61. The number of carbonyl (C=O) groups excluding carboxylic acids is 1. The SMILES string of the molecule is O=C(Nc1ccc(Oc2ccccc2)cc1)C(Sc1ccc(NS(=O)(=O)c2cccs2)cc1)c1ccccc1. The van der Waals surface area contributed by atoms with Crippen LogP contribution in [0.3, 0.4) is 0 Å². The molecular weight excluding hydrogens is 549 g/mol. The van der Waals surface area contributed by atoms with Crippen LogP contribution < -0.4 is 14.8 Å². The lowest BCUT2D eigenvalue weighted by Crippen LogP contribution is -2.19. The van der Waals surface area contributed by atoms with Gasteiger partial charge in [-0.1, -0.05) is 54.6 Å². The molecule has 0 saturated heterocycles. The van der Waals surface area contributed by atoms with Crippen molar-refractivity contribution in [3.63, 3.8) is 0 Å². The number of sulfonamides is 1. The predicted octanol–water partition coefficient (Wildman–Crippen LogP) is 7.81. The van der Waals surface area contributed by atoms with Crippen molar-refractivity contribution in [2.75, 3.05) is 10.0 Å². The Balaban J connectivity index is 1.28. The minimum Gasteiger partial charge on any atom is -0.457 e. The van der Waals surface area contributed by atoms with E-state index in [4.69, 9.17) is 4.74 Å². The first-order chi connectivity index (χ1) is 19.0. The molecular formula is C30H24N2O4S3. The van der Waals surface area contributed by atoms with Gasteiger partial charge in [0.1, 0.15) is 21.0 Å². The Morgan fingerprint density at radius 2 is 1.33 bits per heavy atom. The number of para-hydroxylation sites is 1. The van der Waals surface area contributed by atoms with Crippen LogP contribution in [0.2, 0.25) is 0 Å². The van der Waals surface area contributed by atoms with Gasteiger partial charge >= 0.3 is 0 Å². The van der Waals surface area contributed by atoms with Crippen LogP contribution in [0.15, 0.2) is 136 Å². The van der Waals surface area contributed by atoms with Gasteiger partial charge in [-0.3, -0.25) is 9.52 Å². The number of thioether (sulfide) groups is 1. The molecule has 0 fully saturated rings. The van der Waals surface area contributed by atoms with Crippen molar-refractivity contribution in [3.8, 4) is 11.5 Å². The number of amides is 1. The van der Waals surface area contributed by atoms with Gasteiger partial charge in [0.15, 0.2) is 0 Å². The minimum absolute atomic E-state index is 0.176. The fourth-order valence-electron chi connectivity index (χ4n) is 3.70. The lowest BCUT2D eigenvalue weighted by Gasteiger charge is -2.18. The Hall–Kier alpha value is -4.05. The van der Waals surface area contributed by atoms with Gasteiger partial charge in [0.25, 0.3) is 10.0 Å². The van der Waals surface area contributed by atoms with E-state index in [-0.39, 0.29) is 10.1 Å². The zero-order valence-electron chi connectivity index (χ0n) is 20.6. The van der Waals surface area contributed by atoms with Crippen LogP contribution in [-0.2, 0) is 14.8 Å². The number of rotatable bonds is 10. The lowest BCUT2D eigenvalue weighted by atomic mass is 10.1. The van der Waals surface area contributed by atoms with E-state index < -0.39 is 15.3 Å². The van der Waals surface area contributed by atoms with Crippen molar-refractivity contribution in [2.45, 2.75) is 14.4 Å².